The van der Waals surface area contributed by atoms with Gasteiger partial charge in [0, 0.05) is 37.6 Å². The van der Waals surface area contributed by atoms with Gasteiger partial charge in [-0.3, -0.25) is 24.0 Å². The van der Waals surface area contributed by atoms with E-state index in [0.717, 1.165) is 77.0 Å². The maximum absolute atomic E-state index is 14.7. The van der Waals surface area contributed by atoms with Gasteiger partial charge in [-0.1, -0.05) is 65.2 Å². The van der Waals surface area contributed by atoms with Crippen LogP contribution in [0.2, 0.25) is 0 Å². The first kappa shape index (κ1) is 33.5. The topological polar surface area (TPSA) is 115 Å². The van der Waals surface area contributed by atoms with E-state index in [1.165, 1.54) is 12.0 Å². The number of Topliss-reactive ketones (excluding diaryl/α,β-unsaturated/α-hetero) is 3. The monoisotopic (exact) mass is 650 g/mol. The number of nitrogens with two attached hydrogens (primary N) is 1. The quantitative estimate of drug-likeness (QED) is 0.212. The number of hydrogen-bond acceptors (Lipinski definition) is 6. The Balaban J connectivity index is 1.21. The zero-order valence-corrected chi connectivity index (χ0v) is 28.8. The molecule has 46 heavy (non-hydrogen) atoms. The van der Waals surface area contributed by atoms with E-state index in [-0.39, 0.29) is 58.9 Å². The molecule has 5 atom stereocenters. The van der Waals surface area contributed by atoms with Crippen LogP contribution in [0.3, 0.4) is 0 Å². The summed E-state index contributed by atoms with van der Waals surface area (Å²) in [4.78, 5) is 69.4. The van der Waals surface area contributed by atoms with E-state index >= 15 is 0 Å². The highest BCUT2D eigenvalue weighted by atomic mass is 32.1. The van der Waals surface area contributed by atoms with Crippen molar-refractivity contribution >= 4 is 40.5 Å². The smallest absolute Gasteiger partial charge is 0.285 e. The summed E-state index contributed by atoms with van der Waals surface area (Å²) in [5.74, 6) is -1.89. The number of primary amides is 1. The molecular formula is C38H54N2O5S. The van der Waals surface area contributed by atoms with Crippen LogP contribution < -0.4 is 5.73 Å². The minimum atomic E-state index is -0.979. The van der Waals surface area contributed by atoms with Gasteiger partial charge in [-0.25, -0.2) is 0 Å². The lowest BCUT2D eigenvalue weighted by molar-refractivity contribution is -0.147. The van der Waals surface area contributed by atoms with Gasteiger partial charge in [0.15, 0.2) is 5.78 Å². The molecule has 1 unspecified atom stereocenters. The molecule has 2 amide bonds. The molecule has 2 heterocycles. The summed E-state index contributed by atoms with van der Waals surface area (Å²) < 4.78 is 0. The molecule has 4 aliphatic carbocycles. The van der Waals surface area contributed by atoms with Crippen molar-refractivity contribution in [2.75, 3.05) is 6.54 Å². The predicted octanol–water partition coefficient (Wildman–Crippen LogP) is 6.70. The van der Waals surface area contributed by atoms with Gasteiger partial charge in [0.25, 0.3) is 5.91 Å². The third-order valence-electron chi connectivity index (χ3n) is 12.8. The van der Waals surface area contributed by atoms with E-state index in [2.05, 4.69) is 30.7 Å². The van der Waals surface area contributed by atoms with Crippen molar-refractivity contribution < 1.29 is 24.0 Å². The zero-order valence-electron chi connectivity index (χ0n) is 28.0. The van der Waals surface area contributed by atoms with Crippen LogP contribution in [0.1, 0.15) is 122 Å². The fourth-order valence-corrected chi connectivity index (χ4v) is 10.6. The molecule has 1 aromatic rings. The van der Waals surface area contributed by atoms with Crippen molar-refractivity contribution in [1.82, 2.24) is 4.90 Å². The molecule has 6 rings (SSSR count). The van der Waals surface area contributed by atoms with Crippen molar-refractivity contribution in [1.29, 1.82) is 0 Å². The van der Waals surface area contributed by atoms with Crippen molar-refractivity contribution in [3.8, 4) is 0 Å². The summed E-state index contributed by atoms with van der Waals surface area (Å²) in [6.07, 6.45) is 15.1. The summed E-state index contributed by atoms with van der Waals surface area (Å²) in [5, 5.41) is 4.32. The lowest BCUT2D eigenvalue weighted by Gasteiger charge is -2.39. The van der Waals surface area contributed by atoms with E-state index in [4.69, 9.17) is 5.73 Å². The first-order valence-corrected chi connectivity index (χ1v) is 19.1. The second-order valence-corrected chi connectivity index (χ2v) is 17.2. The number of ketones is 3. The number of thiophene rings is 1. The highest BCUT2D eigenvalue weighted by Crippen LogP contribution is 2.65. The summed E-state index contributed by atoms with van der Waals surface area (Å²) in [6, 6.07) is 1.59. The van der Waals surface area contributed by atoms with Crippen molar-refractivity contribution in [2.24, 2.45) is 52.1 Å². The van der Waals surface area contributed by atoms with Crippen LogP contribution in [0, 0.1) is 46.3 Å². The van der Waals surface area contributed by atoms with E-state index in [1.807, 2.05) is 4.90 Å². The fraction of sp³-hybridized carbons (Fsp3) is 0.763. The Morgan fingerprint density at radius 3 is 2.28 bits per heavy atom. The summed E-state index contributed by atoms with van der Waals surface area (Å²) in [5.41, 5.74) is 6.63. The number of likely N-dealkylation sites (tertiary alicyclic amines) is 1. The number of piperidine rings is 1. The lowest BCUT2D eigenvalue weighted by atomic mass is 9.66. The zero-order chi connectivity index (χ0) is 32.6. The van der Waals surface area contributed by atoms with Crippen LogP contribution in [0.4, 0.5) is 0 Å². The molecule has 0 aromatic carbocycles. The van der Waals surface area contributed by atoms with Gasteiger partial charge in [-0.15, -0.1) is 0 Å². The number of nitrogens with zero attached hydrogens (tertiary/aromatic N) is 1. The molecule has 1 saturated heterocycles. The standard InChI is InChI=1S/C38H54N2O5S/c1-37(2)30-22-40(33(32(30)37)31(42)18-27(17-24-11-12-24)34(43)35(39)44)36(45)29(26-9-5-3-6-10-26)19-28(41)21-38(14-7-4-8-15-38)20-25-13-16-46-23-25/h13,16,23-24,26-27,29-30,32-33H,3-12,14-15,17-22H2,1-2H3,(H2,39,44)/t27?,29-,30-,32-,33+/m0/s1. The number of rotatable bonds is 15. The van der Waals surface area contributed by atoms with E-state index in [0.29, 0.717) is 25.3 Å². The SMILES string of the molecule is CC1(C)[C@@H]2[C@@H](C(=O)CC(CC3CC3)C(=O)C(N)=O)N(C(=O)[C@@H](CC(=O)CC3(Cc4ccsc4)CCCCC3)C3CCCCC3)C[C@@H]21. The van der Waals surface area contributed by atoms with Gasteiger partial charge in [-0.2, -0.15) is 11.3 Å². The molecule has 0 bridgehead atoms. The third kappa shape index (κ3) is 7.22. The Morgan fingerprint density at radius 1 is 0.957 bits per heavy atom. The molecular weight excluding hydrogens is 596 g/mol. The molecule has 7 nitrogen and oxygen atoms in total. The molecule has 0 spiro atoms. The van der Waals surface area contributed by atoms with Gasteiger partial charge >= 0.3 is 0 Å². The predicted molar refractivity (Wildman–Crippen MR) is 179 cm³/mol. The minimum Gasteiger partial charge on any atom is -0.363 e. The first-order chi connectivity index (χ1) is 22.0. The van der Waals surface area contributed by atoms with Gasteiger partial charge < -0.3 is 10.6 Å². The Hall–Kier alpha value is -2.35. The molecule has 5 aliphatic rings. The first-order valence-electron chi connectivity index (χ1n) is 18.2. The van der Waals surface area contributed by atoms with E-state index in [9.17, 15) is 24.0 Å². The normalized spacial score (nSPS) is 28.2. The Bertz CT molecular complexity index is 1300. The summed E-state index contributed by atoms with van der Waals surface area (Å²) >= 11 is 1.71. The summed E-state index contributed by atoms with van der Waals surface area (Å²) in [7, 11) is 0. The van der Waals surface area contributed by atoms with Crippen LogP contribution >= 0.6 is 11.3 Å². The average molecular weight is 651 g/mol. The third-order valence-corrected chi connectivity index (χ3v) is 13.6. The molecule has 2 N–H and O–H groups in total. The molecule has 1 aromatic heterocycles. The Morgan fingerprint density at radius 2 is 1.65 bits per heavy atom. The number of carbonyl (C=O) groups excluding carboxylic acids is 5. The van der Waals surface area contributed by atoms with Crippen LogP contribution in [0.5, 0.6) is 0 Å². The van der Waals surface area contributed by atoms with Crippen LogP contribution in [0.25, 0.3) is 0 Å². The number of fused-ring (bicyclic) bond motifs is 1. The van der Waals surface area contributed by atoms with Gasteiger partial charge in [0.05, 0.1) is 6.04 Å². The second kappa shape index (κ2) is 13.6. The number of amides is 2. The van der Waals surface area contributed by atoms with Crippen molar-refractivity contribution in [3.05, 3.63) is 22.4 Å². The Labute approximate surface area is 278 Å². The molecule has 1 aliphatic heterocycles. The molecule has 252 valence electrons. The molecule has 4 saturated carbocycles. The van der Waals surface area contributed by atoms with Crippen LogP contribution in [-0.4, -0.2) is 46.7 Å². The van der Waals surface area contributed by atoms with Crippen LogP contribution in [0.15, 0.2) is 16.8 Å². The summed E-state index contributed by atoms with van der Waals surface area (Å²) in [6.45, 7) is 4.86. The van der Waals surface area contributed by atoms with Gasteiger partial charge in [0.1, 0.15) is 5.78 Å². The van der Waals surface area contributed by atoms with Gasteiger partial charge in [0.2, 0.25) is 11.7 Å². The van der Waals surface area contributed by atoms with E-state index in [1.54, 1.807) is 11.3 Å². The highest BCUT2D eigenvalue weighted by Gasteiger charge is 2.69. The number of hydrogen-bond donors (Lipinski definition) is 1. The lowest BCUT2D eigenvalue weighted by Crippen LogP contribution is -2.50. The molecule has 0 radical (unpaired) electrons. The largest absolute Gasteiger partial charge is 0.363 e. The van der Waals surface area contributed by atoms with E-state index < -0.39 is 29.6 Å². The highest BCUT2D eigenvalue weighted by molar-refractivity contribution is 7.07. The maximum atomic E-state index is 14.7. The number of carbonyl (C=O) groups is 5. The molecule has 8 heteroatoms. The Kier molecular flexibility index (Phi) is 9.95. The van der Waals surface area contributed by atoms with Crippen molar-refractivity contribution in [2.45, 2.75) is 129 Å². The fourth-order valence-electron chi connectivity index (χ4n) is 9.97. The second-order valence-electron chi connectivity index (χ2n) is 16.5. The van der Waals surface area contributed by atoms with Crippen LogP contribution in [-0.2, 0) is 30.4 Å². The minimum absolute atomic E-state index is 0.0299. The van der Waals surface area contributed by atoms with Crippen molar-refractivity contribution in [3.63, 3.8) is 0 Å². The maximum Gasteiger partial charge on any atom is 0.285 e. The molecule has 5 fully saturated rings. The van der Waals surface area contributed by atoms with Gasteiger partial charge in [-0.05, 0) is 95.4 Å². The average Bonchev–Trinajstić information content (AvgIpc) is 3.75.